The molecular formula is C16H17N7O2. The highest BCUT2D eigenvalue weighted by molar-refractivity contribution is 5.94. The van der Waals surface area contributed by atoms with Crippen molar-refractivity contribution in [3.8, 4) is 0 Å². The third-order valence-corrected chi connectivity index (χ3v) is 4.00. The van der Waals surface area contributed by atoms with Gasteiger partial charge in [0.15, 0.2) is 5.82 Å². The molecule has 128 valence electrons. The Morgan fingerprint density at radius 1 is 1.28 bits per heavy atom. The Kier molecular flexibility index (Phi) is 4.19. The van der Waals surface area contributed by atoms with Crippen molar-refractivity contribution in [2.75, 3.05) is 6.54 Å². The second-order valence-electron chi connectivity index (χ2n) is 6.03. The van der Waals surface area contributed by atoms with Crippen LogP contribution in [0.15, 0.2) is 35.1 Å². The molecule has 2 aromatic heterocycles. The first-order chi connectivity index (χ1) is 12.3. The van der Waals surface area contributed by atoms with Crippen molar-refractivity contribution in [2.45, 2.75) is 31.7 Å². The monoisotopic (exact) mass is 339 g/mol. The number of nitrogens with zero attached hydrogens (tertiary/aromatic N) is 6. The van der Waals surface area contributed by atoms with Crippen LogP contribution in [-0.4, -0.2) is 42.8 Å². The fraction of sp³-hybridized carbons (Fsp3) is 0.375. The third kappa shape index (κ3) is 3.87. The zero-order valence-corrected chi connectivity index (χ0v) is 13.5. The lowest BCUT2D eigenvalue weighted by atomic mass is 10.1. The molecule has 1 amide bonds. The molecular weight excluding hydrogens is 322 g/mol. The molecule has 25 heavy (non-hydrogen) atoms. The summed E-state index contributed by atoms with van der Waals surface area (Å²) in [7, 11) is 0. The largest absolute Gasteiger partial charge is 0.352 e. The van der Waals surface area contributed by atoms with E-state index < -0.39 is 0 Å². The van der Waals surface area contributed by atoms with E-state index in [2.05, 4.69) is 31.0 Å². The summed E-state index contributed by atoms with van der Waals surface area (Å²) in [5, 5.41) is 17.8. The molecule has 3 aromatic rings. The van der Waals surface area contributed by atoms with E-state index in [1.165, 1.54) is 0 Å². The van der Waals surface area contributed by atoms with Crippen LogP contribution >= 0.6 is 0 Å². The van der Waals surface area contributed by atoms with Gasteiger partial charge in [0, 0.05) is 24.4 Å². The first-order valence-corrected chi connectivity index (χ1v) is 8.18. The van der Waals surface area contributed by atoms with Crippen molar-refractivity contribution in [3.05, 3.63) is 53.4 Å². The third-order valence-electron chi connectivity index (χ3n) is 4.00. The second kappa shape index (κ2) is 6.80. The van der Waals surface area contributed by atoms with Gasteiger partial charge in [-0.15, -0.1) is 5.10 Å². The van der Waals surface area contributed by atoms with Crippen molar-refractivity contribution >= 4 is 5.91 Å². The van der Waals surface area contributed by atoms with Gasteiger partial charge in [-0.25, -0.2) is 4.68 Å². The Balaban J connectivity index is 1.26. The Morgan fingerprint density at radius 2 is 2.12 bits per heavy atom. The van der Waals surface area contributed by atoms with Gasteiger partial charge in [-0.3, -0.25) is 4.79 Å². The van der Waals surface area contributed by atoms with E-state index in [1.807, 2.05) is 12.1 Å². The second-order valence-corrected chi connectivity index (χ2v) is 6.03. The van der Waals surface area contributed by atoms with Crippen LogP contribution in [0.4, 0.5) is 0 Å². The molecule has 0 radical (unpaired) electrons. The van der Waals surface area contributed by atoms with Gasteiger partial charge in [0.25, 0.3) is 5.91 Å². The number of benzene rings is 1. The maximum atomic E-state index is 12.2. The van der Waals surface area contributed by atoms with Crippen molar-refractivity contribution in [1.82, 2.24) is 35.7 Å². The quantitative estimate of drug-likeness (QED) is 0.682. The molecule has 0 aliphatic heterocycles. The van der Waals surface area contributed by atoms with Gasteiger partial charge in [0.1, 0.15) is 6.33 Å². The minimum Gasteiger partial charge on any atom is -0.352 e. The lowest BCUT2D eigenvalue weighted by Crippen LogP contribution is -2.25. The van der Waals surface area contributed by atoms with E-state index in [4.69, 9.17) is 4.52 Å². The van der Waals surface area contributed by atoms with Crippen molar-refractivity contribution in [1.29, 1.82) is 0 Å². The molecule has 9 nitrogen and oxygen atoms in total. The summed E-state index contributed by atoms with van der Waals surface area (Å²) in [6.07, 6.45) is 4.36. The van der Waals surface area contributed by atoms with Crippen molar-refractivity contribution in [2.24, 2.45) is 0 Å². The molecule has 0 saturated heterocycles. The molecule has 1 N–H and O–H groups in total. The molecule has 1 fully saturated rings. The van der Waals surface area contributed by atoms with E-state index in [1.54, 1.807) is 23.1 Å². The lowest BCUT2D eigenvalue weighted by molar-refractivity contribution is 0.0953. The van der Waals surface area contributed by atoms with Gasteiger partial charge >= 0.3 is 0 Å². The molecule has 1 aromatic carbocycles. The normalized spacial score (nSPS) is 13.8. The Morgan fingerprint density at radius 3 is 2.84 bits per heavy atom. The number of hydrogen-bond acceptors (Lipinski definition) is 7. The highest BCUT2D eigenvalue weighted by atomic mass is 16.5. The molecule has 9 heteroatoms. The van der Waals surface area contributed by atoms with Crippen molar-refractivity contribution < 1.29 is 9.32 Å². The zero-order chi connectivity index (χ0) is 17.1. The zero-order valence-electron chi connectivity index (χ0n) is 13.5. The lowest BCUT2D eigenvalue weighted by Gasteiger charge is -2.05. The van der Waals surface area contributed by atoms with E-state index in [9.17, 15) is 4.79 Å². The van der Waals surface area contributed by atoms with Gasteiger partial charge in [0.2, 0.25) is 5.89 Å². The number of amides is 1. The predicted octanol–water partition coefficient (Wildman–Crippen LogP) is 0.954. The standard InChI is InChI=1S/C16H17N7O2/c24-16(17-8-7-14-19-15(20-25-14)12-5-6-12)13-3-1-11(2-4-13)9-23-10-18-21-22-23/h1-4,10,12H,5-9H2,(H,17,24). The first-order valence-electron chi connectivity index (χ1n) is 8.18. The van der Waals surface area contributed by atoms with E-state index in [-0.39, 0.29) is 5.91 Å². The summed E-state index contributed by atoms with van der Waals surface area (Å²) < 4.78 is 6.81. The summed E-state index contributed by atoms with van der Waals surface area (Å²) in [4.78, 5) is 16.5. The number of tetrazole rings is 1. The maximum Gasteiger partial charge on any atom is 0.251 e. The minimum atomic E-state index is -0.129. The summed E-state index contributed by atoms with van der Waals surface area (Å²) in [6, 6.07) is 7.34. The van der Waals surface area contributed by atoms with Gasteiger partial charge < -0.3 is 9.84 Å². The number of rotatable bonds is 7. The molecule has 0 spiro atoms. The Labute approximate surface area is 143 Å². The SMILES string of the molecule is O=C(NCCc1nc(C2CC2)no1)c1ccc(Cn2cnnn2)cc1. The summed E-state index contributed by atoms with van der Waals surface area (Å²) in [6.45, 7) is 1.02. The van der Waals surface area contributed by atoms with E-state index >= 15 is 0 Å². The van der Waals surface area contributed by atoms with Crippen LogP contribution in [0.1, 0.15) is 46.4 Å². The highest BCUT2D eigenvalue weighted by Gasteiger charge is 2.28. The number of aromatic nitrogens is 6. The fourth-order valence-electron chi connectivity index (χ4n) is 2.46. The van der Waals surface area contributed by atoms with Crippen LogP contribution in [0.5, 0.6) is 0 Å². The smallest absolute Gasteiger partial charge is 0.251 e. The van der Waals surface area contributed by atoms with Crippen LogP contribution in [0.3, 0.4) is 0 Å². The van der Waals surface area contributed by atoms with Crippen LogP contribution < -0.4 is 5.32 Å². The van der Waals surface area contributed by atoms with Gasteiger partial charge in [-0.2, -0.15) is 4.98 Å². The van der Waals surface area contributed by atoms with Gasteiger partial charge in [0.05, 0.1) is 6.54 Å². The first kappa shape index (κ1) is 15.4. The van der Waals surface area contributed by atoms with Crippen LogP contribution in [0, 0.1) is 0 Å². The summed E-state index contributed by atoms with van der Waals surface area (Å²) in [5.41, 5.74) is 1.62. The number of nitrogens with one attached hydrogen (secondary N) is 1. The molecule has 1 aliphatic rings. The number of hydrogen-bond donors (Lipinski definition) is 1. The molecule has 0 atom stereocenters. The average molecular weight is 339 g/mol. The Bertz CT molecular complexity index is 838. The minimum absolute atomic E-state index is 0.129. The molecule has 0 unspecified atom stereocenters. The fourth-order valence-corrected chi connectivity index (χ4v) is 2.46. The summed E-state index contributed by atoms with van der Waals surface area (Å²) >= 11 is 0. The molecule has 0 bridgehead atoms. The Hall–Kier alpha value is -3.10. The summed E-state index contributed by atoms with van der Waals surface area (Å²) in [5.74, 6) is 1.70. The van der Waals surface area contributed by atoms with Crippen LogP contribution in [0.2, 0.25) is 0 Å². The van der Waals surface area contributed by atoms with E-state index in [0.29, 0.717) is 36.9 Å². The number of carbonyl (C=O) groups is 1. The molecule has 1 aliphatic carbocycles. The topological polar surface area (TPSA) is 112 Å². The molecule has 4 rings (SSSR count). The van der Waals surface area contributed by atoms with Crippen molar-refractivity contribution in [3.63, 3.8) is 0 Å². The predicted molar refractivity (Wildman–Crippen MR) is 85.7 cm³/mol. The molecule has 2 heterocycles. The van der Waals surface area contributed by atoms with E-state index in [0.717, 1.165) is 24.2 Å². The van der Waals surface area contributed by atoms with Gasteiger partial charge in [-0.1, -0.05) is 17.3 Å². The number of carbonyl (C=O) groups excluding carboxylic acids is 1. The van der Waals surface area contributed by atoms with Crippen LogP contribution in [0.25, 0.3) is 0 Å². The maximum absolute atomic E-state index is 12.2. The average Bonchev–Trinajstić information content (AvgIpc) is 3.15. The highest BCUT2D eigenvalue weighted by Crippen LogP contribution is 2.38. The molecule has 1 saturated carbocycles. The van der Waals surface area contributed by atoms with Gasteiger partial charge in [-0.05, 0) is 41.0 Å². The van der Waals surface area contributed by atoms with Crippen LogP contribution in [-0.2, 0) is 13.0 Å².